The molecule has 156 valence electrons. The molecule has 4 rings (SSSR count). The summed E-state index contributed by atoms with van der Waals surface area (Å²) < 4.78 is 15.7. The maximum atomic E-state index is 13.5. The third-order valence-corrected chi connectivity index (χ3v) is 5.34. The monoisotopic (exact) mass is 412 g/mol. The highest BCUT2D eigenvalue weighted by atomic mass is 19.1. The molecule has 0 aliphatic rings. The summed E-state index contributed by atoms with van der Waals surface area (Å²) >= 11 is 0. The molecule has 0 unspecified atom stereocenters. The predicted octanol–water partition coefficient (Wildman–Crippen LogP) is 6.84. The number of para-hydroxylation sites is 1. The van der Waals surface area contributed by atoms with E-state index >= 15 is 0 Å². The second-order valence-electron chi connectivity index (χ2n) is 7.64. The van der Waals surface area contributed by atoms with E-state index in [-0.39, 0.29) is 5.82 Å². The first-order valence-electron chi connectivity index (χ1n) is 10.3. The Kier molecular flexibility index (Phi) is 5.99. The maximum absolute atomic E-state index is 13.5. The summed E-state index contributed by atoms with van der Waals surface area (Å²) in [5.41, 5.74) is 8.08. The number of hydrogen-bond acceptors (Lipinski definition) is 2. The van der Waals surface area contributed by atoms with Gasteiger partial charge in [0.15, 0.2) is 0 Å². The van der Waals surface area contributed by atoms with E-state index in [9.17, 15) is 4.39 Å². The van der Waals surface area contributed by atoms with Crippen molar-refractivity contribution in [3.8, 4) is 16.9 Å². The van der Waals surface area contributed by atoms with E-state index in [4.69, 9.17) is 4.84 Å². The normalized spacial score (nSPS) is 11.5. The Morgan fingerprint density at radius 3 is 2.26 bits per heavy atom. The molecule has 0 saturated carbocycles. The van der Waals surface area contributed by atoms with Crippen LogP contribution in [0.15, 0.2) is 90.1 Å². The topological polar surface area (TPSA) is 26.5 Å². The number of aryl methyl sites for hydroxylation is 1. The molecule has 0 N–H and O–H groups in total. The lowest BCUT2D eigenvalue weighted by molar-refractivity contribution is 0.130. The zero-order chi connectivity index (χ0) is 21.8. The van der Waals surface area contributed by atoms with Crippen molar-refractivity contribution in [2.75, 3.05) is 0 Å². The second-order valence-corrected chi connectivity index (χ2v) is 7.64. The number of halogens is 1. The summed E-state index contributed by atoms with van der Waals surface area (Å²) in [6, 6.07) is 27.0. The van der Waals surface area contributed by atoms with Gasteiger partial charge in [-0.3, -0.25) is 0 Å². The third-order valence-electron chi connectivity index (χ3n) is 5.34. The Hall–Kier alpha value is -3.66. The molecule has 1 heterocycles. The van der Waals surface area contributed by atoms with Crippen LogP contribution in [0, 0.1) is 19.7 Å². The van der Waals surface area contributed by atoms with Crippen molar-refractivity contribution in [1.29, 1.82) is 0 Å². The highest BCUT2D eigenvalue weighted by Crippen LogP contribution is 2.30. The van der Waals surface area contributed by atoms with Crippen LogP contribution in [0.2, 0.25) is 0 Å². The second kappa shape index (κ2) is 9.00. The largest absolute Gasteiger partial charge is 0.391 e. The summed E-state index contributed by atoms with van der Waals surface area (Å²) in [6.07, 6.45) is 0. The van der Waals surface area contributed by atoms with Crippen molar-refractivity contribution in [1.82, 2.24) is 4.57 Å². The van der Waals surface area contributed by atoms with Crippen LogP contribution in [0.3, 0.4) is 0 Å². The minimum Gasteiger partial charge on any atom is -0.391 e. The van der Waals surface area contributed by atoms with Gasteiger partial charge < -0.3 is 9.40 Å². The van der Waals surface area contributed by atoms with Crippen molar-refractivity contribution in [3.63, 3.8) is 0 Å². The van der Waals surface area contributed by atoms with Crippen LogP contribution in [-0.4, -0.2) is 10.3 Å². The van der Waals surface area contributed by atoms with Gasteiger partial charge in [0.25, 0.3) is 0 Å². The fourth-order valence-corrected chi connectivity index (χ4v) is 3.65. The van der Waals surface area contributed by atoms with Gasteiger partial charge in [0.2, 0.25) is 0 Å². The van der Waals surface area contributed by atoms with Gasteiger partial charge in [-0.1, -0.05) is 53.2 Å². The summed E-state index contributed by atoms with van der Waals surface area (Å²) in [5, 5.41) is 4.37. The van der Waals surface area contributed by atoms with Crippen LogP contribution in [0.4, 0.5) is 4.39 Å². The van der Waals surface area contributed by atoms with Crippen LogP contribution >= 0.6 is 0 Å². The lowest BCUT2D eigenvalue weighted by atomic mass is 10.1. The number of oxime groups is 1. The van der Waals surface area contributed by atoms with Gasteiger partial charge in [-0.15, -0.1) is 0 Å². The number of rotatable bonds is 6. The summed E-state index contributed by atoms with van der Waals surface area (Å²) in [5.74, 6) is -0.249. The van der Waals surface area contributed by atoms with Gasteiger partial charge in [-0.25, -0.2) is 4.39 Å². The first kappa shape index (κ1) is 20.6. The Morgan fingerprint density at radius 1 is 0.903 bits per heavy atom. The zero-order valence-electron chi connectivity index (χ0n) is 18.0. The molecular formula is C27H25FN2O. The van der Waals surface area contributed by atoms with Crippen LogP contribution in [0.25, 0.3) is 16.9 Å². The molecule has 0 aliphatic heterocycles. The van der Waals surface area contributed by atoms with E-state index in [0.29, 0.717) is 6.61 Å². The summed E-state index contributed by atoms with van der Waals surface area (Å²) in [7, 11) is 0. The van der Waals surface area contributed by atoms with Crippen molar-refractivity contribution < 1.29 is 9.23 Å². The average molecular weight is 413 g/mol. The first-order chi connectivity index (χ1) is 15.0. The molecule has 3 nitrogen and oxygen atoms in total. The maximum Gasteiger partial charge on any atom is 0.142 e. The number of nitrogens with zero attached hydrogens (tertiary/aromatic N) is 2. The van der Waals surface area contributed by atoms with Crippen molar-refractivity contribution in [2.45, 2.75) is 27.4 Å². The molecule has 31 heavy (non-hydrogen) atoms. The van der Waals surface area contributed by atoms with Gasteiger partial charge in [-0.05, 0) is 74.4 Å². The molecule has 0 atom stereocenters. The molecule has 1 aromatic heterocycles. The Morgan fingerprint density at radius 2 is 1.58 bits per heavy atom. The van der Waals surface area contributed by atoms with Crippen LogP contribution < -0.4 is 0 Å². The molecular weight excluding hydrogens is 387 g/mol. The SMILES string of the molecule is C/C(=N/OCc1ccc(C)cc1)c1cc(-c2ccc(F)cc2)n(-c2ccccc2)c1C. The number of benzene rings is 3. The molecule has 0 bridgehead atoms. The van der Waals surface area contributed by atoms with Crippen molar-refractivity contribution in [2.24, 2.45) is 5.16 Å². The highest BCUT2D eigenvalue weighted by Gasteiger charge is 2.17. The molecule has 0 fully saturated rings. The Labute approximate surface area is 182 Å². The third kappa shape index (κ3) is 4.58. The lowest BCUT2D eigenvalue weighted by Gasteiger charge is -2.12. The van der Waals surface area contributed by atoms with Gasteiger partial charge in [0.1, 0.15) is 12.4 Å². The lowest BCUT2D eigenvalue weighted by Crippen LogP contribution is -2.02. The molecule has 4 heteroatoms. The highest BCUT2D eigenvalue weighted by molar-refractivity contribution is 6.01. The van der Waals surface area contributed by atoms with E-state index < -0.39 is 0 Å². The number of aromatic nitrogens is 1. The molecule has 0 spiro atoms. The fourth-order valence-electron chi connectivity index (χ4n) is 3.65. The molecule has 0 amide bonds. The van der Waals surface area contributed by atoms with Crippen molar-refractivity contribution >= 4 is 5.71 Å². The average Bonchev–Trinajstić information content (AvgIpc) is 3.13. The van der Waals surface area contributed by atoms with Crippen LogP contribution in [-0.2, 0) is 11.4 Å². The van der Waals surface area contributed by atoms with E-state index in [2.05, 4.69) is 53.9 Å². The quantitative estimate of drug-likeness (QED) is 0.251. The minimum absolute atomic E-state index is 0.249. The zero-order valence-corrected chi connectivity index (χ0v) is 18.0. The van der Waals surface area contributed by atoms with Crippen LogP contribution in [0.1, 0.15) is 29.3 Å². The minimum atomic E-state index is -0.249. The Balaban J connectivity index is 1.69. The van der Waals surface area contributed by atoms with E-state index in [1.54, 1.807) is 12.1 Å². The first-order valence-corrected chi connectivity index (χ1v) is 10.3. The molecule has 3 aromatic carbocycles. The van der Waals surface area contributed by atoms with E-state index in [1.165, 1.54) is 17.7 Å². The van der Waals surface area contributed by atoms with E-state index in [1.807, 2.05) is 37.3 Å². The molecule has 0 radical (unpaired) electrons. The molecule has 0 aliphatic carbocycles. The van der Waals surface area contributed by atoms with Gasteiger partial charge in [0, 0.05) is 16.9 Å². The fraction of sp³-hybridized carbons (Fsp3) is 0.148. The summed E-state index contributed by atoms with van der Waals surface area (Å²) in [6.45, 7) is 6.49. The molecule has 0 saturated heterocycles. The van der Waals surface area contributed by atoms with E-state index in [0.717, 1.165) is 39.5 Å². The molecule has 4 aromatic rings. The Bertz CT molecular complexity index is 1190. The number of hydrogen-bond donors (Lipinski definition) is 0. The summed E-state index contributed by atoms with van der Waals surface area (Å²) in [4.78, 5) is 5.64. The predicted molar refractivity (Wildman–Crippen MR) is 124 cm³/mol. The van der Waals surface area contributed by atoms with Gasteiger partial charge >= 0.3 is 0 Å². The van der Waals surface area contributed by atoms with Crippen molar-refractivity contribution in [3.05, 3.63) is 113 Å². The van der Waals surface area contributed by atoms with Crippen LogP contribution in [0.5, 0.6) is 0 Å². The van der Waals surface area contributed by atoms with Gasteiger partial charge in [-0.2, -0.15) is 0 Å². The smallest absolute Gasteiger partial charge is 0.142 e. The van der Waals surface area contributed by atoms with Gasteiger partial charge in [0.05, 0.1) is 11.4 Å². The standard InChI is InChI=1S/C27H25FN2O/c1-19-9-11-22(12-10-19)18-31-29-20(2)26-17-27(23-13-15-24(28)16-14-23)30(21(26)3)25-7-5-4-6-8-25/h4-17H,18H2,1-3H3/b29-20-.